The first-order valence-electron chi connectivity index (χ1n) is 19.8. The van der Waals surface area contributed by atoms with Crippen LogP contribution in [0.15, 0.2) is 0 Å². The molecular formula is C39H76N2O3. The molecule has 0 aromatic heterocycles. The molecule has 0 saturated carbocycles. The Morgan fingerprint density at radius 2 is 1.00 bits per heavy atom. The van der Waals surface area contributed by atoms with Crippen molar-refractivity contribution in [3.63, 3.8) is 0 Å². The molecule has 1 unspecified atom stereocenters. The highest BCUT2D eigenvalue weighted by atomic mass is 16.5. The van der Waals surface area contributed by atoms with Crippen LogP contribution in [0.1, 0.15) is 201 Å². The van der Waals surface area contributed by atoms with E-state index in [-0.39, 0.29) is 18.4 Å². The lowest BCUT2D eigenvalue weighted by molar-refractivity contribution is -0.153. The minimum absolute atomic E-state index is 0.0524. The highest BCUT2D eigenvalue weighted by Gasteiger charge is 2.30. The molecule has 0 aromatic rings. The Morgan fingerprint density at radius 1 is 0.614 bits per heavy atom. The maximum absolute atomic E-state index is 13.3. The molecule has 0 aliphatic carbocycles. The zero-order valence-electron chi connectivity index (χ0n) is 30.0. The third-order valence-electron chi connectivity index (χ3n) is 9.59. The maximum atomic E-state index is 13.3. The average molecular weight is 621 g/mol. The summed E-state index contributed by atoms with van der Waals surface area (Å²) in [6.45, 7) is 10.2. The van der Waals surface area contributed by atoms with Gasteiger partial charge in [-0.05, 0) is 32.1 Å². The van der Waals surface area contributed by atoms with Crippen LogP contribution in [-0.4, -0.2) is 60.5 Å². The summed E-state index contributed by atoms with van der Waals surface area (Å²) in [4.78, 5) is 30.5. The second-order valence-electron chi connectivity index (χ2n) is 13.8. The van der Waals surface area contributed by atoms with E-state index in [2.05, 4.69) is 25.7 Å². The number of carbonyl (C=O) groups is 2. The fourth-order valence-corrected chi connectivity index (χ4v) is 6.57. The Hall–Kier alpha value is -1.10. The van der Waals surface area contributed by atoms with E-state index in [0.29, 0.717) is 0 Å². The minimum atomic E-state index is -0.440. The lowest BCUT2D eigenvalue weighted by Crippen LogP contribution is -2.47. The van der Waals surface area contributed by atoms with Crippen molar-refractivity contribution in [3.8, 4) is 0 Å². The van der Waals surface area contributed by atoms with Gasteiger partial charge in [-0.15, -0.1) is 0 Å². The molecule has 2 amide bonds. The second kappa shape index (κ2) is 30.5. The smallest absolute Gasteiger partial charge is 0.251 e. The van der Waals surface area contributed by atoms with Crippen molar-refractivity contribution in [1.29, 1.82) is 0 Å². The van der Waals surface area contributed by atoms with Gasteiger partial charge in [-0.25, -0.2) is 0 Å². The van der Waals surface area contributed by atoms with E-state index < -0.39 is 6.10 Å². The van der Waals surface area contributed by atoms with Gasteiger partial charge >= 0.3 is 0 Å². The number of likely N-dealkylation sites (tertiary alicyclic amines) is 1. The Labute approximate surface area is 275 Å². The quantitative estimate of drug-likeness (QED) is 0.0703. The van der Waals surface area contributed by atoms with Crippen molar-refractivity contribution in [2.24, 2.45) is 0 Å². The van der Waals surface area contributed by atoms with Crippen molar-refractivity contribution in [2.45, 2.75) is 207 Å². The number of amides is 2. The van der Waals surface area contributed by atoms with Gasteiger partial charge in [0.15, 0.2) is 0 Å². The zero-order chi connectivity index (χ0) is 31.9. The summed E-state index contributed by atoms with van der Waals surface area (Å²) in [5, 5.41) is 0. The molecule has 1 aliphatic rings. The lowest BCUT2D eigenvalue weighted by Gasteiger charge is -2.32. The molecule has 5 heteroatoms. The van der Waals surface area contributed by atoms with Crippen LogP contribution < -0.4 is 0 Å². The predicted octanol–water partition coefficient (Wildman–Crippen LogP) is 11.0. The van der Waals surface area contributed by atoms with Crippen LogP contribution in [0.3, 0.4) is 0 Å². The predicted molar refractivity (Wildman–Crippen MR) is 189 cm³/mol. The van der Waals surface area contributed by atoms with E-state index >= 15 is 0 Å². The van der Waals surface area contributed by atoms with Crippen LogP contribution in [0.2, 0.25) is 0 Å². The topological polar surface area (TPSA) is 49.9 Å². The number of nitrogens with zero attached hydrogens (tertiary/aromatic N) is 2. The summed E-state index contributed by atoms with van der Waals surface area (Å²) in [5.41, 5.74) is 0. The van der Waals surface area contributed by atoms with Crippen molar-refractivity contribution >= 4 is 11.8 Å². The van der Waals surface area contributed by atoms with Crippen molar-refractivity contribution in [1.82, 2.24) is 9.80 Å². The normalized spacial score (nSPS) is 15.3. The van der Waals surface area contributed by atoms with E-state index in [1.807, 2.05) is 4.90 Å². The number of unbranched alkanes of at least 4 members (excludes halogenated alkanes) is 23. The molecule has 260 valence electrons. The van der Waals surface area contributed by atoms with Gasteiger partial charge in [0, 0.05) is 26.2 Å². The third-order valence-corrected chi connectivity index (χ3v) is 9.59. The summed E-state index contributed by atoms with van der Waals surface area (Å²) >= 11 is 0. The molecule has 1 atom stereocenters. The summed E-state index contributed by atoms with van der Waals surface area (Å²) in [6.07, 6.45) is 34.8. The van der Waals surface area contributed by atoms with Crippen molar-refractivity contribution in [3.05, 3.63) is 0 Å². The highest BCUT2D eigenvalue weighted by molar-refractivity contribution is 5.82. The van der Waals surface area contributed by atoms with Crippen LogP contribution >= 0.6 is 0 Å². The van der Waals surface area contributed by atoms with Gasteiger partial charge in [-0.3, -0.25) is 9.59 Å². The molecule has 1 fully saturated rings. The van der Waals surface area contributed by atoms with Gasteiger partial charge in [0.25, 0.3) is 5.91 Å². The fourth-order valence-electron chi connectivity index (χ4n) is 6.57. The van der Waals surface area contributed by atoms with Crippen LogP contribution in [0, 0.1) is 0 Å². The largest absolute Gasteiger partial charge is 0.359 e. The molecule has 1 aliphatic heterocycles. The monoisotopic (exact) mass is 621 g/mol. The second-order valence-corrected chi connectivity index (χ2v) is 13.8. The summed E-state index contributed by atoms with van der Waals surface area (Å²) < 4.78 is 6.04. The SMILES string of the molecule is CCCCCCCCCCCCN(CCCCCCCCCCCC)C(=O)COC1CCCN(CCCCCCCC)C1=O. The molecule has 0 aromatic carbocycles. The molecule has 0 N–H and O–H groups in total. The van der Waals surface area contributed by atoms with E-state index in [9.17, 15) is 9.59 Å². The van der Waals surface area contributed by atoms with Gasteiger partial charge in [0.1, 0.15) is 12.7 Å². The first-order chi connectivity index (χ1) is 21.6. The van der Waals surface area contributed by atoms with Gasteiger partial charge in [-0.2, -0.15) is 0 Å². The summed E-state index contributed by atoms with van der Waals surface area (Å²) in [6, 6.07) is 0. The highest BCUT2D eigenvalue weighted by Crippen LogP contribution is 2.18. The van der Waals surface area contributed by atoms with Crippen molar-refractivity contribution in [2.75, 3.05) is 32.8 Å². The molecule has 0 bridgehead atoms. The third kappa shape index (κ3) is 22.4. The van der Waals surface area contributed by atoms with Crippen LogP contribution in [0.4, 0.5) is 0 Å². The van der Waals surface area contributed by atoms with Crippen LogP contribution in [0.25, 0.3) is 0 Å². The zero-order valence-corrected chi connectivity index (χ0v) is 30.0. The molecule has 0 radical (unpaired) electrons. The van der Waals surface area contributed by atoms with E-state index in [1.165, 1.54) is 148 Å². The Kier molecular flexibility index (Phi) is 28.4. The van der Waals surface area contributed by atoms with Crippen LogP contribution in [-0.2, 0) is 14.3 Å². The molecule has 1 saturated heterocycles. The average Bonchev–Trinajstić information content (AvgIpc) is 3.03. The van der Waals surface area contributed by atoms with Gasteiger partial charge in [-0.1, -0.05) is 168 Å². The lowest BCUT2D eigenvalue weighted by atomic mass is 10.1. The Bertz CT molecular complexity index is 631. The Morgan fingerprint density at radius 3 is 1.43 bits per heavy atom. The van der Waals surface area contributed by atoms with Gasteiger partial charge in [0.2, 0.25) is 5.91 Å². The van der Waals surface area contributed by atoms with E-state index in [4.69, 9.17) is 4.74 Å². The molecule has 0 spiro atoms. The molecule has 44 heavy (non-hydrogen) atoms. The Balaban J connectivity index is 2.40. The molecule has 5 nitrogen and oxygen atoms in total. The maximum Gasteiger partial charge on any atom is 0.251 e. The first kappa shape index (κ1) is 40.9. The number of carbonyl (C=O) groups excluding carboxylic acids is 2. The van der Waals surface area contributed by atoms with Crippen LogP contribution in [0.5, 0.6) is 0 Å². The van der Waals surface area contributed by atoms with E-state index in [1.54, 1.807) is 0 Å². The summed E-state index contributed by atoms with van der Waals surface area (Å²) in [5.74, 6) is 0.186. The number of piperidine rings is 1. The number of rotatable bonds is 32. The fraction of sp³-hybridized carbons (Fsp3) is 0.949. The molecular weight excluding hydrogens is 544 g/mol. The standard InChI is InChI=1S/C39H76N2O3/c1-4-7-10-13-16-18-20-22-25-27-32-40(33-28-26-23-21-19-17-14-11-8-5-2)38(42)36-44-37-31-30-35-41(39(37)43)34-29-24-15-12-9-6-3/h37H,4-36H2,1-3H3. The number of hydrogen-bond donors (Lipinski definition) is 0. The van der Waals surface area contributed by atoms with E-state index in [0.717, 1.165) is 58.3 Å². The number of ether oxygens (including phenoxy) is 1. The minimum Gasteiger partial charge on any atom is -0.359 e. The number of hydrogen-bond acceptors (Lipinski definition) is 3. The molecule has 1 rings (SSSR count). The summed E-state index contributed by atoms with van der Waals surface area (Å²) in [7, 11) is 0. The van der Waals surface area contributed by atoms with Crippen molar-refractivity contribution < 1.29 is 14.3 Å². The first-order valence-corrected chi connectivity index (χ1v) is 19.8. The van der Waals surface area contributed by atoms with Gasteiger partial charge in [0.05, 0.1) is 0 Å². The van der Waals surface area contributed by atoms with Gasteiger partial charge < -0.3 is 14.5 Å². The molecule has 1 heterocycles.